The zero-order valence-corrected chi connectivity index (χ0v) is 15.3. The number of hydrogen-bond donors (Lipinski definition) is 1. The Morgan fingerprint density at radius 2 is 2.12 bits per heavy atom. The van der Waals surface area contributed by atoms with Crippen molar-refractivity contribution in [3.63, 3.8) is 0 Å². The van der Waals surface area contributed by atoms with Gasteiger partial charge in [0, 0.05) is 5.56 Å². The van der Waals surface area contributed by atoms with E-state index in [9.17, 15) is 15.2 Å². The van der Waals surface area contributed by atoms with Gasteiger partial charge in [-0.15, -0.1) is 0 Å². The van der Waals surface area contributed by atoms with Gasteiger partial charge in [-0.25, -0.2) is 0 Å². The second-order valence-electron chi connectivity index (χ2n) is 5.01. The lowest BCUT2D eigenvalue weighted by Gasteiger charge is -2.09. The predicted molar refractivity (Wildman–Crippen MR) is 97.9 cm³/mol. The number of phenols is 1. The third-order valence-electron chi connectivity index (χ3n) is 3.36. The Labute approximate surface area is 154 Å². The molecule has 0 heterocycles. The van der Waals surface area contributed by atoms with Crippen LogP contribution in [0.4, 0.5) is 0 Å². The summed E-state index contributed by atoms with van der Waals surface area (Å²) in [4.78, 5) is 12.6. The van der Waals surface area contributed by atoms with Crippen molar-refractivity contribution in [3.05, 3.63) is 57.6 Å². The Kier molecular flexibility index (Phi) is 6.20. The van der Waals surface area contributed by atoms with Crippen LogP contribution in [0.2, 0.25) is 0 Å². The Morgan fingerprint density at radius 1 is 1.36 bits per heavy atom. The Hall–Kier alpha value is -2.78. The van der Waals surface area contributed by atoms with E-state index in [1.54, 1.807) is 43.3 Å². The summed E-state index contributed by atoms with van der Waals surface area (Å²) in [5.41, 5.74) is 0.879. The first-order chi connectivity index (χ1) is 12.0. The van der Waals surface area contributed by atoms with E-state index >= 15 is 0 Å². The molecule has 0 fully saturated rings. The van der Waals surface area contributed by atoms with Crippen LogP contribution in [0.5, 0.6) is 17.2 Å². The van der Waals surface area contributed by atoms with E-state index in [4.69, 9.17) is 9.47 Å². The van der Waals surface area contributed by atoms with Crippen LogP contribution in [0.1, 0.15) is 22.8 Å². The molecule has 25 heavy (non-hydrogen) atoms. The maximum atomic E-state index is 12.6. The van der Waals surface area contributed by atoms with E-state index in [0.717, 1.165) is 0 Å². The molecule has 5 nitrogen and oxygen atoms in total. The largest absolute Gasteiger partial charge is 0.503 e. The number of carbonyl (C=O) groups is 1. The van der Waals surface area contributed by atoms with E-state index < -0.39 is 5.78 Å². The van der Waals surface area contributed by atoms with Crippen LogP contribution < -0.4 is 9.47 Å². The molecule has 0 atom stereocenters. The van der Waals surface area contributed by atoms with Crippen molar-refractivity contribution in [2.24, 2.45) is 0 Å². The Balaban J connectivity index is 2.43. The summed E-state index contributed by atoms with van der Waals surface area (Å²) in [5, 5.41) is 19.3. The zero-order valence-electron chi connectivity index (χ0n) is 13.7. The van der Waals surface area contributed by atoms with Crippen LogP contribution in [0, 0.1) is 11.3 Å². The van der Waals surface area contributed by atoms with Crippen molar-refractivity contribution in [2.75, 3.05) is 13.7 Å². The smallest absolute Gasteiger partial charge is 0.203 e. The summed E-state index contributed by atoms with van der Waals surface area (Å²) >= 11 is 3.24. The molecule has 0 radical (unpaired) electrons. The molecule has 0 aliphatic heterocycles. The molecule has 2 aromatic carbocycles. The van der Waals surface area contributed by atoms with Gasteiger partial charge in [-0.05, 0) is 58.8 Å². The number of ether oxygens (including phenoxy) is 2. The zero-order chi connectivity index (χ0) is 18.4. The van der Waals surface area contributed by atoms with Gasteiger partial charge in [0.2, 0.25) is 5.78 Å². The highest BCUT2D eigenvalue weighted by Crippen LogP contribution is 2.36. The van der Waals surface area contributed by atoms with Crippen LogP contribution in [-0.2, 0) is 0 Å². The minimum absolute atomic E-state index is 0.0309. The maximum Gasteiger partial charge on any atom is 0.203 e. The predicted octanol–water partition coefficient (Wildman–Crippen LogP) is 4.35. The molecular formula is C19H16BrNO4. The number of ketones is 1. The fraction of sp³-hybridized carbons (Fsp3) is 0.158. The lowest BCUT2D eigenvalue weighted by atomic mass is 10.0. The highest BCUT2D eigenvalue weighted by molar-refractivity contribution is 9.10. The van der Waals surface area contributed by atoms with Gasteiger partial charge in [-0.1, -0.05) is 12.1 Å². The Bertz CT molecular complexity index is 868. The molecular weight excluding hydrogens is 386 g/mol. The molecule has 6 heteroatoms. The number of carbonyl (C=O) groups excluding carboxylic acids is 1. The van der Waals surface area contributed by atoms with Gasteiger partial charge >= 0.3 is 0 Å². The van der Waals surface area contributed by atoms with Crippen molar-refractivity contribution >= 4 is 27.8 Å². The van der Waals surface area contributed by atoms with Gasteiger partial charge in [0.15, 0.2) is 11.5 Å². The third-order valence-corrected chi connectivity index (χ3v) is 3.96. The number of Topliss-reactive ketones (excluding diaryl/α,β-unsaturated/α-hetero) is 1. The summed E-state index contributed by atoms with van der Waals surface area (Å²) < 4.78 is 10.9. The van der Waals surface area contributed by atoms with Gasteiger partial charge in [0.1, 0.15) is 17.4 Å². The van der Waals surface area contributed by atoms with Gasteiger partial charge in [-0.2, -0.15) is 5.26 Å². The van der Waals surface area contributed by atoms with Crippen LogP contribution in [0.15, 0.2) is 46.4 Å². The SMILES string of the molecule is CCOc1cc(/C=C(/C#N)C(=O)c2cccc(OC)c2)cc(Br)c1O. The van der Waals surface area contributed by atoms with Crippen LogP contribution in [-0.4, -0.2) is 24.6 Å². The second kappa shape index (κ2) is 8.36. The third kappa shape index (κ3) is 4.40. The van der Waals surface area contributed by atoms with Gasteiger partial charge in [0.25, 0.3) is 0 Å². The number of aromatic hydroxyl groups is 1. The number of nitrogens with zero attached hydrogens (tertiary/aromatic N) is 1. The lowest BCUT2D eigenvalue weighted by molar-refractivity contribution is 0.103. The molecule has 2 aromatic rings. The van der Waals surface area contributed by atoms with E-state index in [0.29, 0.717) is 28.0 Å². The molecule has 0 unspecified atom stereocenters. The number of hydrogen-bond acceptors (Lipinski definition) is 5. The van der Waals surface area contributed by atoms with Crippen molar-refractivity contribution in [3.8, 4) is 23.3 Å². The highest BCUT2D eigenvalue weighted by Gasteiger charge is 2.14. The van der Waals surface area contributed by atoms with Crippen molar-refractivity contribution in [2.45, 2.75) is 6.92 Å². The number of methoxy groups -OCH3 is 1. The number of phenolic OH excluding ortho intramolecular Hbond substituents is 1. The Morgan fingerprint density at radius 3 is 2.76 bits per heavy atom. The highest BCUT2D eigenvalue weighted by atomic mass is 79.9. The minimum Gasteiger partial charge on any atom is -0.503 e. The average Bonchev–Trinajstić information content (AvgIpc) is 2.63. The second-order valence-corrected chi connectivity index (χ2v) is 5.87. The number of allylic oxidation sites excluding steroid dienone is 1. The number of rotatable bonds is 6. The fourth-order valence-corrected chi connectivity index (χ4v) is 2.64. The fourth-order valence-electron chi connectivity index (χ4n) is 2.18. The average molecular weight is 402 g/mol. The van der Waals surface area contributed by atoms with E-state index in [-0.39, 0.29) is 17.1 Å². The first-order valence-corrected chi connectivity index (χ1v) is 8.25. The molecule has 2 rings (SSSR count). The minimum atomic E-state index is -0.413. The van der Waals surface area contributed by atoms with Crippen molar-refractivity contribution in [1.82, 2.24) is 0 Å². The van der Waals surface area contributed by atoms with Gasteiger partial charge in [0.05, 0.1) is 18.2 Å². The van der Waals surface area contributed by atoms with Crippen LogP contribution in [0.25, 0.3) is 6.08 Å². The normalized spacial score (nSPS) is 10.9. The number of halogens is 1. The molecule has 0 spiro atoms. The molecule has 1 N–H and O–H groups in total. The summed E-state index contributed by atoms with van der Waals surface area (Å²) in [6.07, 6.45) is 1.45. The van der Waals surface area contributed by atoms with E-state index in [1.807, 2.05) is 6.07 Å². The van der Waals surface area contributed by atoms with Crippen LogP contribution >= 0.6 is 15.9 Å². The molecule has 0 saturated carbocycles. The quantitative estimate of drug-likeness (QED) is 0.442. The van der Waals surface area contributed by atoms with E-state index in [1.165, 1.54) is 13.2 Å². The molecule has 0 aliphatic carbocycles. The summed E-state index contributed by atoms with van der Waals surface area (Å²) in [6.45, 7) is 2.17. The molecule has 128 valence electrons. The topological polar surface area (TPSA) is 79.5 Å². The van der Waals surface area contributed by atoms with Gasteiger partial charge < -0.3 is 14.6 Å². The summed E-state index contributed by atoms with van der Waals surface area (Å²) in [7, 11) is 1.51. The first kappa shape index (κ1) is 18.6. The number of nitriles is 1. The summed E-state index contributed by atoms with van der Waals surface area (Å²) in [6, 6.07) is 11.7. The summed E-state index contributed by atoms with van der Waals surface area (Å²) in [5.74, 6) is 0.364. The lowest BCUT2D eigenvalue weighted by Crippen LogP contribution is -2.02. The molecule has 0 aliphatic rings. The van der Waals surface area contributed by atoms with Crippen molar-refractivity contribution < 1.29 is 19.4 Å². The van der Waals surface area contributed by atoms with Gasteiger partial charge in [-0.3, -0.25) is 4.79 Å². The first-order valence-electron chi connectivity index (χ1n) is 7.46. The van der Waals surface area contributed by atoms with Crippen LogP contribution in [0.3, 0.4) is 0 Å². The van der Waals surface area contributed by atoms with Crippen molar-refractivity contribution in [1.29, 1.82) is 5.26 Å². The molecule has 0 amide bonds. The molecule has 0 aromatic heterocycles. The molecule has 0 bridgehead atoms. The number of benzene rings is 2. The van der Waals surface area contributed by atoms with E-state index in [2.05, 4.69) is 15.9 Å². The monoisotopic (exact) mass is 401 g/mol. The molecule has 0 saturated heterocycles. The standard InChI is InChI=1S/C19H16BrNO4/c1-3-25-17-9-12(8-16(20)19(17)23)7-14(11-21)18(22)13-5-4-6-15(10-13)24-2/h4-10,23H,3H2,1-2H3/b14-7-. The maximum absolute atomic E-state index is 12.6.